The van der Waals surface area contributed by atoms with Crippen LogP contribution in [0.25, 0.3) is 131 Å². The Bertz CT molecular complexity index is 4030. The van der Waals surface area contributed by atoms with Gasteiger partial charge in [0.05, 0.1) is 26.8 Å². The SMILES string of the molecule is c1ccc2oc(-n3c4cccc(-c5ccc6sc(-n7c8ccccc8c8ccc9c%10ccccc%10oc9c87)nc6c5)c4c4ccc5c6ccccc6oc5c43)nc2c1. The Hall–Kier alpha value is -7.68. The van der Waals surface area contributed by atoms with Gasteiger partial charge in [0, 0.05) is 43.1 Å². The number of para-hydroxylation sites is 5. The zero-order chi connectivity index (χ0) is 37.6. The first kappa shape index (κ1) is 30.5. The number of hydrogen-bond acceptors (Lipinski definition) is 6. The molecule has 0 radical (unpaired) electrons. The van der Waals surface area contributed by atoms with Crippen LogP contribution in [0.5, 0.6) is 0 Å². The summed E-state index contributed by atoms with van der Waals surface area (Å²) in [6.45, 7) is 0. The third-order valence-corrected chi connectivity index (χ3v) is 12.9. The van der Waals surface area contributed by atoms with Gasteiger partial charge in [-0.05, 0) is 71.8 Å². The van der Waals surface area contributed by atoms with Gasteiger partial charge in [0.15, 0.2) is 21.9 Å². The van der Waals surface area contributed by atoms with Gasteiger partial charge in [-0.1, -0.05) is 108 Å². The normalized spacial score (nSPS) is 12.5. The largest absolute Gasteiger partial charge is 0.454 e. The summed E-state index contributed by atoms with van der Waals surface area (Å²) in [5.41, 5.74) is 12.0. The van der Waals surface area contributed by atoms with Gasteiger partial charge in [0.1, 0.15) is 22.2 Å². The standard InChI is InChI=1S/C50H26N4O3S/c1-5-15-38-29(10-1)32-21-22-33-30-11-2-6-17-40(30)55-47(33)45(32)54(38)50-52-37-26-27(20-25-43(37)58-50)28-13-9-16-39-44(28)35-24-23-34-31-12-3-7-18-41(31)56-48(34)46(35)53(39)49-51-36-14-4-8-19-42(36)57-49/h1-26H. The second-order valence-corrected chi connectivity index (χ2v) is 15.9. The van der Waals surface area contributed by atoms with Gasteiger partial charge in [-0.2, -0.15) is 4.98 Å². The van der Waals surface area contributed by atoms with E-state index >= 15 is 0 Å². The van der Waals surface area contributed by atoms with Crippen molar-refractivity contribution in [1.82, 2.24) is 19.1 Å². The molecule has 14 rings (SSSR count). The summed E-state index contributed by atoms with van der Waals surface area (Å²) in [5, 5.41) is 9.67. The minimum absolute atomic E-state index is 0.496. The molecule has 0 spiro atoms. The number of oxazole rings is 1. The number of hydrogen-bond donors (Lipinski definition) is 0. The highest BCUT2D eigenvalue weighted by Crippen LogP contribution is 2.45. The summed E-state index contributed by atoms with van der Waals surface area (Å²) in [6.07, 6.45) is 0. The topological polar surface area (TPSA) is 75.1 Å². The number of rotatable bonds is 3. The van der Waals surface area contributed by atoms with Crippen molar-refractivity contribution >= 4 is 120 Å². The molecule has 0 saturated carbocycles. The molecule has 0 fully saturated rings. The molecule has 0 saturated heterocycles. The Morgan fingerprint density at radius 2 is 1.07 bits per heavy atom. The fourth-order valence-electron chi connectivity index (χ4n) is 9.33. The molecule has 6 aromatic heterocycles. The van der Waals surface area contributed by atoms with Gasteiger partial charge < -0.3 is 13.3 Å². The van der Waals surface area contributed by atoms with Crippen LogP contribution >= 0.6 is 11.3 Å². The van der Waals surface area contributed by atoms with Crippen molar-refractivity contribution in [3.05, 3.63) is 158 Å². The van der Waals surface area contributed by atoms with Gasteiger partial charge in [-0.15, -0.1) is 0 Å². The van der Waals surface area contributed by atoms with Crippen LogP contribution in [0, 0.1) is 0 Å². The molecule has 0 aliphatic carbocycles. The Morgan fingerprint density at radius 1 is 0.431 bits per heavy atom. The highest BCUT2D eigenvalue weighted by Gasteiger charge is 2.25. The molecular formula is C50H26N4O3S. The lowest BCUT2D eigenvalue weighted by atomic mass is 9.99. The number of nitrogens with zero attached hydrogens (tertiary/aromatic N) is 4. The van der Waals surface area contributed by atoms with Crippen molar-refractivity contribution in [1.29, 1.82) is 0 Å². The Morgan fingerprint density at radius 3 is 1.84 bits per heavy atom. The number of fused-ring (bicyclic) bond motifs is 16. The molecule has 0 unspecified atom stereocenters. The number of benzene rings is 8. The van der Waals surface area contributed by atoms with E-state index in [0.717, 1.165) is 120 Å². The van der Waals surface area contributed by atoms with Crippen molar-refractivity contribution in [2.24, 2.45) is 0 Å². The second kappa shape index (κ2) is 11.0. The third kappa shape index (κ3) is 3.96. The second-order valence-electron chi connectivity index (χ2n) is 14.9. The number of aromatic nitrogens is 4. The fraction of sp³-hybridized carbons (Fsp3) is 0. The monoisotopic (exact) mass is 762 g/mol. The van der Waals surface area contributed by atoms with Crippen LogP contribution in [-0.2, 0) is 0 Å². The van der Waals surface area contributed by atoms with Crippen LogP contribution in [-0.4, -0.2) is 19.1 Å². The molecule has 7 nitrogen and oxygen atoms in total. The lowest BCUT2D eigenvalue weighted by molar-refractivity contribution is 0.573. The minimum Gasteiger partial charge on any atom is -0.454 e. The predicted molar refractivity (Wildman–Crippen MR) is 236 cm³/mol. The zero-order valence-corrected chi connectivity index (χ0v) is 31.2. The Labute approximate surface area is 331 Å². The maximum atomic E-state index is 6.67. The minimum atomic E-state index is 0.496. The average molecular weight is 763 g/mol. The lowest BCUT2D eigenvalue weighted by Gasteiger charge is -2.06. The maximum absolute atomic E-state index is 6.67. The van der Waals surface area contributed by atoms with Crippen molar-refractivity contribution in [3.63, 3.8) is 0 Å². The van der Waals surface area contributed by atoms with E-state index in [1.807, 2.05) is 48.5 Å². The molecule has 8 heteroatoms. The Kier molecular flexibility index (Phi) is 5.79. The molecule has 0 atom stereocenters. The van der Waals surface area contributed by atoms with Crippen molar-refractivity contribution in [2.45, 2.75) is 0 Å². The highest BCUT2D eigenvalue weighted by atomic mass is 32.1. The van der Waals surface area contributed by atoms with Gasteiger partial charge >= 0.3 is 6.01 Å². The molecule has 58 heavy (non-hydrogen) atoms. The van der Waals surface area contributed by atoms with Gasteiger partial charge in [-0.25, -0.2) is 4.98 Å². The number of furan rings is 2. The van der Waals surface area contributed by atoms with Crippen LogP contribution in [0.4, 0.5) is 0 Å². The van der Waals surface area contributed by atoms with Gasteiger partial charge in [0.25, 0.3) is 0 Å². The van der Waals surface area contributed by atoms with Crippen molar-refractivity contribution in [2.75, 3.05) is 0 Å². The van der Waals surface area contributed by atoms with E-state index < -0.39 is 0 Å². The molecule has 0 aliphatic heterocycles. The molecule has 0 aliphatic rings. The summed E-state index contributed by atoms with van der Waals surface area (Å²) >= 11 is 1.69. The van der Waals surface area contributed by atoms with Crippen LogP contribution in [0.15, 0.2) is 171 Å². The summed E-state index contributed by atoms with van der Waals surface area (Å²) in [6, 6.07) is 55.3. The quantitative estimate of drug-likeness (QED) is 0.179. The summed E-state index contributed by atoms with van der Waals surface area (Å²) in [7, 11) is 0. The van der Waals surface area contributed by atoms with Crippen LogP contribution in [0.2, 0.25) is 0 Å². The molecular weight excluding hydrogens is 737 g/mol. The van der Waals surface area contributed by atoms with E-state index in [2.05, 4.69) is 118 Å². The smallest absolute Gasteiger partial charge is 0.307 e. The average Bonchev–Trinajstić information content (AvgIpc) is 4.12. The molecule has 8 aromatic carbocycles. The molecule has 270 valence electrons. The van der Waals surface area contributed by atoms with E-state index in [1.54, 1.807) is 11.3 Å². The van der Waals surface area contributed by atoms with E-state index in [0.29, 0.717) is 6.01 Å². The van der Waals surface area contributed by atoms with Gasteiger partial charge in [-0.3, -0.25) is 9.13 Å². The Balaban J connectivity index is 1.02. The highest BCUT2D eigenvalue weighted by molar-refractivity contribution is 7.20. The molecule has 6 heterocycles. The molecule has 0 bridgehead atoms. The van der Waals surface area contributed by atoms with Crippen LogP contribution < -0.4 is 0 Å². The van der Waals surface area contributed by atoms with Crippen molar-refractivity contribution < 1.29 is 13.3 Å². The molecule has 0 N–H and O–H groups in total. The summed E-state index contributed by atoms with van der Waals surface area (Å²) < 4.78 is 25.3. The molecule has 14 aromatic rings. The van der Waals surface area contributed by atoms with E-state index in [-0.39, 0.29) is 0 Å². The van der Waals surface area contributed by atoms with Crippen LogP contribution in [0.1, 0.15) is 0 Å². The summed E-state index contributed by atoms with van der Waals surface area (Å²) in [4.78, 5) is 10.4. The fourth-order valence-corrected chi connectivity index (χ4v) is 10.3. The first-order chi connectivity index (χ1) is 28.7. The first-order valence-electron chi connectivity index (χ1n) is 19.2. The lowest BCUT2D eigenvalue weighted by Crippen LogP contribution is -1.94. The van der Waals surface area contributed by atoms with E-state index in [9.17, 15) is 0 Å². The first-order valence-corrected chi connectivity index (χ1v) is 20.0. The predicted octanol–water partition coefficient (Wildman–Crippen LogP) is 14.1. The maximum Gasteiger partial charge on any atom is 0.307 e. The van der Waals surface area contributed by atoms with Gasteiger partial charge in [0.2, 0.25) is 0 Å². The van der Waals surface area contributed by atoms with E-state index in [4.69, 9.17) is 23.2 Å². The summed E-state index contributed by atoms with van der Waals surface area (Å²) in [5.74, 6) is 0. The van der Waals surface area contributed by atoms with E-state index in [1.165, 1.54) is 5.39 Å². The third-order valence-electron chi connectivity index (χ3n) is 11.8. The molecule has 0 amide bonds. The number of thiazole rings is 1. The van der Waals surface area contributed by atoms with Crippen molar-refractivity contribution in [3.8, 4) is 22.3 Å². The zero-order valence-electron chi connectivity index (χ0n) is 30.4. The van der Waals surface area contributed by atoms with Crippen LogP contribution in [0.3, 0.4) is 0 Å².